The number of nitrogens with zero attached hydrogens (tertiary/aromatic N) is 1. The number of amides is 2. The molecule has 114 valence electrons. The van der Waals surface area contributed by atoms with Gasteiger partial charge in [0.2, 0.25) is 11.8 Å². The molecule has 1 heterocycles. The summed E-state index contributed by atoms with van der Waals surface area (Å²) in [5.41, 5.74) is 0.642. The maximum absolute atomic E-state index is 12.2. The van der Waals surface area contributed by atoms with Gasteiger partial charge in [-0.2, -0.15) is 0 Å². The van der Waals surface area contributed by atoms with Crippen molar-refractivity contribution < 1.29 is 14.3 Å². The van der Waals surface area contributed by atoms with Crippen LogP contribution in [0.5, 0.6) is 0 Å². The van der Waals surface area contributed by atoms with Gasteiger partial charge in [-0.3, -0.25) is 9.59 Å². The van der Waals surface area contributed by atoms with Crippen molar-refractivity contribution in [2.75, 3.05) is 25.6 Å². The Morgan fingerprint density at radius 1 is 1.57 bits per heavy atom. The maximum Gasteiger partial charge on any atom is 0.229 e. The second-order valence-electron chi connectivity index (χ2n) is 5.25. The average molecular weight is 311 g/mol. The van der Waals surface area contributed by atoms with Crippen molar-refractivity contribution in [3.8, 4) is 0 Å². The largest absolute Gasteiger partial charge is 0.383 e. The Bertz CT molecular complexity index is 535. The van der Waals surface area contributed by atoms with Crippen LogP contribution < -0.4 is 5.32 Å². The summed E-state index contributed by atoms with van der Waals surface area (Å²) in [5, 5.41) is 3.36. The van der Waals surface area contributed by atoms with E-state index in [4.69, 9.17) is 16.3 Å². The van der Waals surface area contributed by atoms with Gasteiger partial charge in [-0.05, 0) is 25.1 Å². The molecule has 1 saturated heterocycles. The van der Waals surface area contributed by atoms with Crippen LogP contribution >= 0.6 is 11.6 Å². The molecule has 6 heteroatoms. The van der Waals surface area contributed by atoms with Crippen LogP contribution in [-0.4, -0.2) is 43.0 Å². The lowest BCUT2D eigenvalue weighted by molar-refractivity contribution is -0.130. The number of methoxy groups -OCH3 is 1. The lowest BCUT2D eigenvalue weighted by Crippen LogP contribution is -2.38. The molecule has 0 aromatic heterocycles. The highest BCUT2D eigenvalue weighted by Gasteiger charge is 2.36. The van der Waals surface area contributed by atoms with Gasteiger partial charge in [-0.25, -0.2) is 0 Å². The molecular formula is C15H19ClN2O3. The van der Waals surface area contributed by atoms with Gasteiger partial charge < -0.3 is 15.0 Å². The molecule has 21 heavy (non-hydrogen) atoms. The van der Waals surface area contributed by atoms with E-state index < -0.39 is 0 Å². The summed E-state index contributed by atoms with van der Waals surface area (Å²) >= 11 is 5.88. The molecule has 0 radical (unpaired) electrons. The molecule has 0 bridgehead atoms. The molecular weight excluding hydrogens is 292 g/mol. The summed E-state index contributed by atoms with van der Waals surface area (Å²) in [7, 11) is 1.60. The van der Waals surface area contributed by atoms with Gasteiger partial charge in [0.05, 0.1) is 18.6 Å². The summed E-state index contributed by atoms with van der Waals surface area (Å²) in [6, 6.07) is 6.94. The van der Waals surface area contributed by atoms with Gasteiger partial charge in [0.15, 0.2) is 0 Å². The second-order valence-corrected chi connectivity index (χ2v) is 5.69. The number of ether oxygens (including phenoxy) is 1. The summed E-state index contributed by atoms with van der Waals surface area (Å²) in [6.45, 7) is 2.81. The molecule has 1 aromatic carbocycles. The molecule has 0 saturated carbocycles. The highest BCUT2D eigenvalue weighted by atomic mass is 35.5. The zero-order chi connectivity index (χ0) is 15.4. The standard InChI is InChI=1S/C15H19ClN2O3/c1-10(9-21-2)18-8-11(6-14(18)19)15(20)17-13-5-3-4-12(16)7-13/h3-5,7,10-11H,6,8-9H2,1-2H3,(H,17,20)/t10-,11-/m1/s1. The molecule has 1 aliphatic heterocycles. The van der Waals surface area contributed by atoms with Crippen LogP contribution in [0.15, 0.2) is 24.3 Å². The third-order valence-electron chi connectivity index (χ3n) is 3.56. The zero-order valence-corrected chi connectivity index (χ0v) is 12.9. The minimum absolute atomic E-state index is 0.00852. The normalized spacial score (nSPS) is 19.7. The van der Waals surface area contributed by atoms with E-state index in [-0.39, 0.29) is 30.2 Å². The number of benzene rings is 1. The summed E-state index contributed by atoms with van der Waals surface area (Å²) in [6.07, 6.45) is 0.237. The molecule has 1 aromatic rings. The Labute approximate surface area is 129 Å². The highest BCUT2D eigenvalue weighted by Crippen LogP contribution is 2.23. The van der Waals surface area contributed by atoms with Gasteiger partial charge in [0, 0.05) is 30.8 Å². The molecule has 2 atom stereocenters. The molecule has 0 aliphatic carbocycles. The van der Waals surface area contributed by atoms with E-state index in [0.717, 1.165) is 0 Å². The van der Waals surface area contributed by atoms with Crippen molar-refractivity contribution in [2.24, 2.45) is 5.92 Å². The minimum Gasteiger partial charge on any atom is -0.383 e. The molecule has 2 rings (SSSR count). The van der Waals surface area contributed by atoms with Crippen LogP contribution in [0.4, 0.5) is 5.69 Å². The molecule has 1 N–H and O–H groups in total. The lowest BCUT2D eigenvalue weighted by atomic mass is 10.1. The van der Waals surface area contributed by atoms with E-state index in [1.165, 1.54) is 0 Å². The predicted molar refractivity (Wildman–Crippen MR) is 81.2 cm³/mol. The molecule has 1 aliphatic rings. The quantitative estimate of drug-likeness (QED) is 0.906. The molecule has 2 amide bonds. The second kappa shape index (κ2) is 6.91. The van der Waals surface area contributed by atoms with Gasteiger partial charge in [0.25, 0.3) is 0 Å². The van der Waals surface area contributed by atoms with Crippen molar-refractivity contribution in [1.29, 1.82) is 0 Å². The number of rotatable bonds is 5. The topological polar surface area (TPSA) is 58.6 Å². The number of carbonyl (C=O) groups is 2. The van der Waals surface area contributed by atoms with Crippen LogP contribution in [0.2, 0.25) is 5.02 Å². The Balaban J connectivity index is 1.97. The van der Waals surface area contributed by atoms with Crippen LogP contribution in [-0.2, 0) is 14.3 Å². The summed E-state index contributed by atoms with van der Waals surface area (Å²) < 4.78 is 5.06. The third kappa shape index (κ3) is 3.95. The van der Waals surface area contributed by atoms with Crippen LogP contribution in [0.1, 0.15) is 13.3 Å². The van der Waals surface area contributed by atoms with Crippen LogP contribution in [0, 0.1) is 5.92 Å². The van der Waals surface area contributed by atoms with Gasteiger partial charge in [-0.1, -0.05) is 17.7 Å². The molecule has 0 spiro atoms. The van der Waals surface area contributed by atoms with E-state index in [0.29, 0.717) is 23.9 Å². The number of nitrogens with one attached hydrogen (secondary N) is 1. The van der Waals surface area contributed by atoms with E-state index in [1.54, 1.807) is 36.3 Å². The molecule has 0 unspecified atom stereocenters. The maximum atomic E-state index is 12.2. The third-order valence-corrected chi connectivity index (χ3v) is 3.80. The monoisotopic (exact) mass is 310 g/mol. The van der Waals surface area contributed by atoms with Gasteiger partial charge in [0.1, 0.15) is 0 Å². The fraction of sp³-hybridized carbons (Fsp3) is 0.467. The Morgan fingerprint density at radius 2 is 2.33 bits per heavy atom. The highest BCUT2D eigenvalue weighted by molar-refractivity contribution is 6.30. The molecule has 5 nitrogen and oxygen atoms in total. The van der Waals surface area contributed by atoms with Crippen molar-refractivity contribution in [1.82, 2.24) is 4.90 Å². The van der Waals surface area contributed by atoms with Gasteiger partial charge in [-0.15, -0.1) is 0 Å². The Hall–Kier alpha value is -1.59. The summed E-state index contributed by atoms with van der Waals surface area (Å²) in [4.78, 5) is 25.9. The first-order valence-corrected chi connectivity index (χ1v) is 7.24. The predicted octanol–water partition coefficient (Wildman–Crippen LogP) is 2.16. The number of hydrogen-bond donors (Lipinski definition) is 1. The van der Waals surface area contributed by atoms with Crippen molar-refractivity contribution in [2.45, 2.75) is 19.4 Å². The van der Waals surface area contributed by atoms with E-state index in [1.807, 2.05) is 6.92 Å². The van der Waals surface area contributed by atoms with Crippen molar-refractivity contribution in [3.63, 3.8) is 0 Å². The molecule has 1 fully saturated rings. The number of likely N-dealkylation sites (tertiary alicyclic amines) is 1. The summed E-state index contributed by atoms with van der Waals surface area (Å²) in [5.74, 6) is -0.501. The van der Waals surface area contributed by atoms with Crippen molar-refractivity contribution in [3.05, 3.63) is 29.3 Å². The zero-order valence-electron chi connectivity index (χ0n) is 12.1. The first kappa shape index (κ1) is 15.8. The van der Waals surface area contributed by atoms with Gasteiger partial charge >= 0.3 is 0 Å². The lowest BCUT2D eigenvalue weighted by Gasteiger charge is -2.23. The first-order chi connectivity index (χ1) is 10.0. The first-order valence-electron chi connectivity index (χ1n) is 6.86. The van der Waals surface area contributed by atoms with E-state index in [2.05, 4.69) is 5.32 Å². The number of carbonyl (C=O) groups excluding carboxylic acids is 2. The SMILES string of the molecule is COC[C@@H](C)N1C[C@H](C(=O)Nc2cccc(Cl)c2)CC1=O. The van der Waals surface area contributed by atoms with Crippen molar-refractivity contribution >= 4 is 29.1 Å². The fourth-order valence-corrected chi connectivity index (χ4v) is 2.67. The Kier molecular flexibility index (Phi) is 5.20. The Morgan fingerprint density at radius 3 is 3.00 bits per heavy atom. The minimum atomic E-state index is -0.337. The average Bonchev–Trinajstić information content (AvgIpc) is 2.81. The fourth-order valence-electron chi connectivity index (χ4n) is 2.47. The van der Waals surface area contributed by atoms with Crippen LogP contribution in [0.25, 0.3) is 0 Å². The van der Waals surface area contributed by atoms with Crippen LogP contribution in [0.3, 0.4) is 0 Å². The van der Waals surface area contributed by atoms with E-state index >= 15 is 0 Å². The number of halogens is 1. The smallest absolute Gasteiger partial charge is 0.229 e. The van der Waals surface area contributed by atoms with E-state index in [9.17, 15) is 9.59 Å². The number of hydrogen-bond acceptors (Lipinski definition) is 3. The number of anilines is 1.